The van der Waals surface area contributed by atoms with Crippen LogP contribution in [0.3, 0.4) is 0 Å². The number of nitrogens with zero attached hydrogens (tertiary/aromatic N) is 4. The van der Waals surface area contributed by atoms with Crippen LogP contribution in [0.4, 0.5) is 0 Å². The average Bonchev–Trinajstić information content (AvgIpc) is 3.27. The Labute approximate surface area is 179 Å². The minimum atomic E-state index is 0. The topological polar surface area (TPSA) is 70.0 Å². The van der Waals surface area contributed by atoms with Crippen molar-refractivity contribution in [1.82, 2.24) is 20.3 Å². The first-order chi connectivity index (χ1) is 12.2. The molecule has 0 amide bonds. The minimum absolute atomic E-state index is 0. The maximum Gasteiger partial charge on any atom is 0.194 e. The van der Waals surface area contributed by atoms with Crippen LogP contribution in [0.5, 0.6) is 0 Å². The molecule has 26 heavy (non-hydrogen) atoms. The third-order valence-corrected chi connectivity index (χ3v) is 4.56. The highest BCUT2D eigenvalue weighted by Gasteiger charge is 2.20. The first-order valence-corrected chi connectivity index (χ1v) is 9.43. The largest absolute Gasteiger partial charge is 0.454 e. The molecule has 2 aromatic heterocycles. The Bertz CT molecular complexity index is 669. The third-order valence-electron chi connectivity index (χ3n) is 4.13. The van der Waals surface area contributed by atoms with Gasteiger partial charge in [-0.25, -0.2) is 0 Å². The molecule has 1 N–H and O–H groups in total. The smallest absolute Gasteiger partial charge is 0.194 e. The second kappa shape index (κ2) is 10.9. The summed E-state index contributed by atoms with van der Waals surface area (Å²) in [6.07, 6.45) is 2.42. The van der Waals surface area contributed by atoms with Gasteiger partial charge < -0.3 is 19.2 Å². The molecule has 3 rings (SSSR count). The van der Waals surface area contributed by atoms with Crippen LogP contribution < -0.4 is 5.32 Å². The number of guanidine groups is 1. The second-order valence-corrected chi connectivity index (χ2v) is 6.73. The zero-order valence-corrected chi connectivity index (χ0v) is 18.8. The molecule has 0 bridgehead atoms. The van der Waals surface area contributed by atoms with Crippen molar-refractivity contribution < 1.29 is 8.94 Å². The van der Waals surface area contributed by atoms with Crippen molar-refractivity contribution >= 4 is 45.9 Å². The Morgan fingerprint density at radius 2 is 2.08 bits per heavy atom. The number of furan rings is 1. The van der Waals surface area contributed by atoms with Gasteiger partial charge in [-0.3, -0.25) is 9.89 Å². The number of hydrogen-bond acceptors (Lipinski definition) is 5. The van der Waals surface area contributed by atoms with Gasteiger partial charge in [0.1, 0.15) is 12.0 Å². The Balaban J connectivity index is 0.00000243. The van der Waals surface area contributed by atoms with Crippen molar-refractivity contribution in [2.24, 2.45) is 4.99 Å². The van der Waals surface area contributed by atoms with Crippen molar-refractivity contribution in [3.8, 4) is 0 Å². The van der Waals surface area contributed by atoms with Crippen LogP contribution in [0, 0.1) is 0 Å². The average molecular weight is 538 g/mol. The van der Waals surface area contributed by atoms with Crippen LogP contribution in [0.2, 0.25) is 0 Å². The summed E-state index contributed by atoms with van der Waals surface area (Å²) in [4.78, 5) is 9.46. The maximum atomic E-state index is 5.53. The fraction of sp³-hybridized carbons (Fsp3) is 0.529. The lowest BCUT2D eigenvalue weighted by molar-refractivity contribution is 0.169. The van der Waals surface area contributed by atoms with Gasteiger partial charge in [0.2, 0.25) is 0 Å². The normalized spacial score (nSPS) is 15.8. The van der Waals surface area contributed by atoms with Crippen LogP contribution >= 0.6 is 39.9 Å². The van der Waals surface area contributed by atoms with E-state index in [1.807, 2.05) is 18.2 Å². The standard InChI is InChI=1S/C17H24BrN5O2.HI/c1-2-19-17(20-7-5-15-3-4-16(18)25-15)23-10-8-22(9-11-23)13-14-6-12-24-21-14;/h3-4,6,12H,2,5,7-11,13H2,1H3,(H,19,20);1H. The first kappa shape index (κ1) is 21.2. The first-order valence-electron chi connectivity index (χ1n) is 8.63. The minimum Gasteiger partial charge on any atom is -0.454 e. The number of rotatable bonds is 6. The van der Waals surface area contributed by atoms with Crippen molar-refractivity contribution in [1.29, 1.82) is 0 Å². The molecule has 1 aliphatic rings. The van der Waals surface area contributed by atoms with Gasteiger partial charge in [-0.1, -0.05) is 5.16 Å². The van der Waals surface area contributed by atoms with Gasteiger partial charge >= 0.3 is 0 Å². The predicted molar refractivity (Wildman–Crippen MR) is 115 cm³/mol. The van der Waals surface area contributed by atoms with E-state index in [0.29, 0.717) is 6.54 Å². The molecule has 3 heterocycles. The lowest BCUT2D eigenvalue weighted by Crippen LogP contribution is -2.52. The highest BCUT2D eigenvalue weighted by molar-refractivity contribution is 14.0. The van der Waals surface area contributed by atoms with E-state index in [4.69, 9.17) is 13.9 Å². The molecule has 1 saturated heterocycles. The highest BCUT2D eigenvalue weighted by Crippen LogP contribution is 2.14. The van der Waals surface area contributed by atoms with Gasteiger partial charge in [-0.05, 0) is 35.0 Å². The quantitative estimate of drug-likeness (QED) is 0.347. The Morgan fingerprint density at radius 1 is 1.27 bits per heavy atom. The van der Waals surface area contributed by atoms with Gasteiger partial charge in [0.25, 0.3) is 0 Å². The Morgan fingerprint density at radius 3 is 2.69 bits per heavy atom. The number of aromatic nitrogens is 1. The molecular formula is C17H25BrIN5O2. The Hall–Kier alpha value is -1.07. The maximum absolute atomic E-state index is 5.53. The molecule has 0 radical (unpaired) electrons. The number of hydrogen-bond donors (Lipinski definition) is 1. The summed E-state index contributed by atoms with van der Waals surface area (Å²) in [7, 11) is 0. The fourth-order valence-corrected chi connectivity index (χ4v) is 3.19. The van der Waals surface area contributed by atoms with Gasteiger partial charge in [0.05, 0.1) is 5.69 Å². The molecule has 0 atom stereocenters. The van der Waals surface area contributed by atoms with Crippen molar-refractivity contribution in [2.45, 2.75) is 19.9 Å². The monoisotopic (exact) mass is 537 g/mol. The molecular weight excluding hydrogens is 513 g/mol. The summed E-state index contributed by atoms with van der Waals surface area (Å²) in [6.45, 7) is 8.40. The summed E-state index contributed by atoms with van der Waals surface area (Å²) in [6, 6.07) is 5.82. The third kappa shape index (κ3) is 6.27. The summed E-state index contributed by atoms with van der Waals surface area (Å²) >= 11 is 3.33. The highest BCUT2D eigenvalue weighted by atomic mass is 127. The van der Waals surface area contributed by atoms with E-state index in [1.165, 1.54) is 0 Å². The lowest BCUT2D eigenvalue weighted by atomic mass is 10.3. The van der Waals surface area contributed by atoms with Crippen LogP contribution in [-0.2, 0) is 13.0 Å². The SMILES string of the molecule is CCNC(=NCCc1ccc(Br)o1)N1CCN(Cc2ccon2)CC1.I. The van der Waals surface area contributed by atoms with E-state index < -0.39 is 0 Å². The van der Waals surface area contributed by atoms with Gasteiger partial charge in [-0.2, -0.15) is 0 Å². The molecule has 0 aliphatic carbocycles. The van der Waals surface area contributed by atoms with Crippen LogP contribution in [0.15, 0.2) is 43.1 Å². The predicted octanol–water partition coefficient (Wildman–Crippen LogP) is 2.97. The second-order valence-electron chi connectivity index (χ2n) is 5.95. The van der Waals surface area contributed by atoms with Gasteiger partial charge in [-0.15, -0.1) is 24.0 Å². The van der Waals surface area contributed by atoms with E-state index in [2.05, 4.69) is 43.1 Å². The summed E-state index contributed by atoms with van der Waals surface area (Å²) in [5.41, 5.74) is 0.985. The van der Waals surface area contributed by atoms with Crippen LogP contribution in [-0.4, -0.2) is 60.2 Å². The molecule has 1 fully saturated rings. The lowest BCUT2D eigenvalue weighted by Gasteiger charge is -2.36. The molecule has 1 aliphatic heterocycles. The molecule has 0 unspecified atom stereocenters. The molecule has 144 valence electrons. The molecule has 9 heteroatoms. The van der Waals surface area contributed by atoms with Crippen LogP contribution in [0.1, 0.15) is 18.4 Å². The van der Waals surface area contributed by atoms with Crippen LogP contribution in [0.25, 0.3) is 0 Å². The van der Waals surface area contributed by atoms with E-state index in [1.54, 1.807) is 6.26 Å². The number of nitrogens with one attached hydrogen (secondary N) is 1. The van der Waals surface area contributed by atoms with E-state index in [-0.39, 0.29) is 24.0 Å². The summed E-state index contributed by atoms with van der Waals surface area (Å²) in [5.74, 6) is 1.93. The van der Waals surface area contributed by atoms with Gasteiger partial charge in [0.15, 0.2) is 10.6 Å². The van der Waals surface area contributed by atoms with Crippen molar-refractivity contribution in [2.75, 3.05) is 39.3 Å². The molecule has 0 saturated carbocycles. The molecule has 0 aromatic carbocycles. The molecule has 2 aromatic rings. The summed E-state index contributed by atoms with van der Waals surface area (Å²) < 4.78 is 11.2. The van der Waals surface area contributed by atoms with E-state index in [0.717, 1.165) is 67.8 Å². The van der Waals surface area contributed by atoms with Gasteiger partial charge in [0, 0.05) is 58.3 Å². The summed E-state index contributed by atoms with van der Waals surface area (Å²) in [5, 5.41) is 7.38. The number of halogens is 2. The number of piperazine rings is 1. The number of aliphatic imine (C=N–C) groups is 1. The zero-order chi connectivity index (χ0) is 17.5. The molecule has 7 nitrogen and oxygen atoms in total. The fourth-order valence-electron chi connectivity index (χ4n) is 2.85. The van der Waals surface area contributed by atoms with Crippen molar-refractivity contribution in [3.63, 3.8) is 0 Å². The molecule has 0 spiro atoms. The van der Waals surface area contributed by atoms with E-state index >= 15 is 0 Å². The van der Waals surface area contributed by atoms with Crippen molar-refractivity contribution in [3.05, 3.63) is 40.6 Å². The zero-order valence-electron chi connectivity index (χ0n) is 14.9. The Kier molecular flexibility index (Phi) is 8.93. The van der Waals surface area contributed by atoms with E-state index in [9.17, 15) is 0 Å².